The number of sulfonamides is 1. The minimum Gasteiger partial charge on any atom is -0.284 e. The quantitative estimate of drug-likeness (QED) is 0.828. The molecule has 0 saturated carbocycles. The van der Waals surface area contributed by atoms with Crippen LogP contribution >= 0.6 is 11.6 Å². The number of benzene rings is 1. The van der Waals surface area contributed by atoms with Crippen LogP contribution in [-0.2, 0) is 16.6 Å². The molecule has 0 atom stereocenters. The fraction of sp³-hybridized carbons (Fsp3) is 0.250. The van der Waals surface area contributed by atoms with Crippen LogP contribution in [0.3, 0.4) is 0 Å². The Morgan fingerprint density at radius 3 is 2.58 bits per heavy atom. The Kier molecular flexibility index (Phi) is 4.57. The van der Waals surface area contributed by atoms with E-state index >= 15 is 0 Å². The van der Waals surface area contributed by atoms with Crippen molar-refractivity contribution >= 4 is 21.6 Å². The summed E-state index contributed by atoms with van der Waals surface area (Å²) in [5.41, 5.74) is 0.916. The standard InChI is InChI=1S/C12H14ClN3O2S/c13-6-7-16(10-11-4-2-1-3-5-11)19(17,18)12-8-14-15-9-12/h1-5,8-9H,6-7,10H2,(H,14,15). The van der Waals surface area contributed by atoms with Gasteiger partial charge in [-0.1, -0.05) is 30.3 Å². The Morgan fingerprint density at radius 2 is 2.00 bits per heavy atom. The van der Waals surface area contributed by atoms with Crippen molar-refractivity contribution in [2.75, 3.05) is 12.4 Å². The van der Waals surface area contributed by atoms with Crippen molar-refractivity contribution in [3.63, 3.8) is 0 Å². The Morgan fingerprint density at radius 1 is 1.26 bits per heavy atom. The summed E-state index contributed by atoms with van der Waals surface area (Å²) in [5.74, 6) is 0.240. The second-order valence-electron chi connectivity index (χ2n) is 3.95. The number of alkyl halides is 1. The van der Waals surface area contributed by atoms with Crippen molar-refractivity contribution in [3.05, 3.63) is 48.3 Å². The molecular weight excluding hydrogens is 286 g/mol. The minimum atomic E-state index is -3.56. The van der Waals surface area contributed by atoms with Crippen LogP contribution in [0.15, 0.2) is 47.6 Å². The molecule has 2 aromatic rings. The molecule has 7 heteroatoms. The number of H-pyrrole nitrogens is 1. The Bertz CT molecular complexity index is 599. The second-order valence-corrected chi connectivity index (χ2v) is 6.26. The number of aromatic amines is 1. The number of nitrogens with zero attached hydrogens (tertiary/aromatic N) is 2. The molecule has 1 aromatic carbocycles. The Labute approximate surface area is 117 Å². The van der Waals surface area contributed by atoms with E-state index in [4.69, 9.17) is 11.6 Å². The number of aromatic nitrogens is 2. The highest BCUT2D eigenvalue weighted by molar-refractivity contribution is 7.89. The molecule has 1 aromatic heterocycles. The van der Waals surface area contributed by atoms with E-state index in [1.165, 1.54) is 16.7 Å². The second kappa shape index (κ2) is 6.18. The fourth-order valence-corrected chi connectivity index (χ4v) is 3.34. The van der Waals surface area contributed by atoms with Crippen LogP contribution in [0.1, 0.15) is 5.56 Å². The van der Waals surface area contributed by atoms with Gasteiger partial charge < -0.3 is 0 Å². The first-order valence-electron chi connectivity index (χ1n) is 5.73. The van der Waals surface area contributed by atoms with Crippen LogP contribution in [0.2, 0.25) is 0 Å². The molecule has 0 bridgehead atoms. The molecule has 1 heterocycles. The first kappa shape index (κ1) is 14.0. The third-order valence-corrected chi connectivity index (χ3v) is 4.63. The molecule has 2 rings (SSSR count). The van der Waals surface area contributed by atoms with Gasteiger partial charge in [-0.2, -0.15) is 9.40 Å². The van der Waals surface area contributed by atoms with E-state index in [-0.39, 0.29) is 17.3 Å². The number of rotatable bonds is 6. The van der Waals surface area contributed by atoms with E-state index in [9.17, 15) is 8.42 Å². The van der Waals surface area contributed by atoms with Gasteiger partial charge in [0, 0.05) is 25.2 Å². The van der Waals surface area contributed by atoms with E-state index in [1.54, 1.807) is 0 Å². The Hall–Kier alpha value is -1.37. The zero-order valence-electron chi connectivity index (χ0n) is 10.2. The lowest BCUT2D eigenvalue weighted by molar-refractivity contribution is 0.425. The molecule has 0 spiro atoms. The van der Waals surface area contributed by atoms with Crippen LogP contribution in [-0.4, -0.2) is 35.3 Å². The van der Waals surface area contributed by atoms with Gasteiger partial charge in [0.1, 0.15) is 4.90 Å². The highest BCUT2D eigenvalue weighted by Gasteiger charge is 2.24. The summed E-state index contributed by atoms with van der Waals surface area (Å²) in [6.07, 6.45) is 2.66. The van der Waals surface area contributed by atoms with E-state index in [0.717, 1.165) is 5.56 Å². The van der Waals surface area contributed by atoms with Gasteiger partial charge in [-0.05, 0) is 5.56 Å². The van der Waals surface area contributed by atoms with Crippen molar-refractivity contribution in [1.82, 2.24) is 14.5 Å². The van der Waals surface area contributed by atoms with Gasteiger partial charge in [0.15, 0.2) is 0 Å². The Balaban J connectivity index is 2.26. The summed E-state index contributed by atoms with van der Waals surface area (Å²) in [6.45, 7) is 0.547. The maximum Gasteiger partial charge on any atom is 0.246 e. The molecule has 0 aliphatic rings. The molecule has 0 aliphatic carbocycles. The number of halogens is 1. The van der Waals surface area contributed by atoms with Crippen LogP contribution in [0.5, 0.6) is 0 Å². The summed E-state index contributed by atoms with van der Waals surface area (Å²) < 4.78 is 26.1. The molecular formula is C12H14ClN3O2S. The lowest BCUT2D eigenvalue weighted by Crippen LogP contribution is -2.32. The molecule has 1 N–H and O–H groups in total. The summed E-state index contributed by atoms with van der Waals surface area (Å²) in [5, 5.41) is 6.18. The zero-order chi connectivity index (χ0) is 13.7. The van der Waals surface area contributed by atoms with Gasteiger partial charge in [-0.15, -0.1) is 11.6 Å². The van der Waals surface area contributed by atoms with Crippen LogP contribution in [0, 0.1) is 0 Å². The third-order valence-electron chi connectivity index (χ3n) is 2.65. The molecule has 0 fully saturated rings. The first-order valence-corrected chi connectivity index (χ1v) is 7.71. The molecule has 19 heavy (non-hydrogen) atoms. The lowest BCUT2D eigenvalue weighted by Gasteiger charge is -2.20. The zero-order valence-corrected chi connectivity index (χ0v) is 11.7. The molecule has 0 saturated heterocycles. The van der Waals surface area contributed by atoms with Crippen LogP contribution in [0.25, 0.3) is 0 Å². The van der Waals surface area contributed by atoms with Crippen molar-refractivity contribution in [1.29, 1.82) is 0 Å². The number of hydrogen-bond donors (Lipinski definition) is 1. The summed E-state index contributed by atoms with van der Waals surface area (Å²) in [6, 6.07) is 9.40. The monoisotopic (exact) mass is 299 g/mol. The van der Waals surface area contributed by atoms with Gasteiger partial charge in [0.05, 0.1) is 6.20 Å². The fourth-order valence-electron chi connectivity index (χ4n) is 1.69. The van der Waals surface area contributed by atoms with Gasteiger partial charge >= 0.3 is 0 Å². The van der Waals surface area contributed by atoms with Crippen LogP contribution in [0.4, 0.5) is 0 Å². The minimum absolute atomic E-state index is 0.147. The first-order chi connectivity index (χ1) is 9.14. The smallest absolute Gasteiger partial charge is 0.246 e. The van der Waals surface area contributed by atoms with Gasteiger partial charge in [-0.25, -0.2) is 8.42 Å². The molecule has 0 aliphatic heterocycles. The van der Waals surface area contributed by atoms with Crippen LogP contribution < -0.4 is 0 Å². The maximum absolute atomic E-state index is 12.4. The lowest BCUT2D eigenvalue weighted by atomic mass is 10.2. The topological polar surface area (TPSA) is 66.1 Å². The predicted octanol–water partition coefficient (Wildman–Crippen LogP) is 1.84. The van der Waals surface area contributed by atoms with Gasteiger partial charge in [-0.3, -0.25) is 5.10 Å². The number of hydrogen-bond acceptors (Lipinski definition) is 3. The average molecular weight is 300 g/mol. The number of nitrogens with one attached hydrogen (secondary N) is 1. The van der Waals surface area contributed by atoms with E-state index < -0.39 is 10.0 Å². The maximum atomic E-state index is 12.4. The van der Waals surface area contributed by atoms with Crippen molar-refractivity contribution in [3.8, 4) is 0 Å². The largest absolute Gasteiger partial charge is 0.284 e. The molecule has 0 unspecified atom stereocenters. The van der Waals surface area contributed by atoms with Gasteiger partial charge in [0.25, 0.3) is 0 Å². The van der Waals surface area contributed by atoms with E-state index in [0.29, 0.717) is 6.54 Å². The normalized spacial score (nSPS) is 11.9. The summed E-state index contributed by atoms with van der Waals surface area (Å²) >= 11 is 5.70. The van der Waals surface area contributed by atoms with E-state index in [1.807, 2.05) is 30.3 Å². The SMILES string of the molecule is O=S(=O)(c1cn[nH]c1)N(CCCl)Cc1ccccc1. The van der Waals surface area contributed by atoms with Crippen molar-refractivity contribution in [2.45, 2.75) is 11.4 Å². The molecule has 0 amide bonds. The molecule has 5 nitrogen and oxygen atoms in total. The highest BCUT2D eigenvalue weighted by atomic mass is 35.5. The highest BCUT2D eigenvalue weighted by Crippen LogP contribution is 2.17. The summed E-state index contributed by atoms with van der Waals surface area (Å²) in [7, 11) is -3.56. The molecule has 0 radical (unpaired) electrons. The summed E-state index contributed by atoms with van der Waals surface area (Å²) in [4.78, 5) is 0.147. The van der Waals surface area contributed by atoms with Crippen molar-refractivity contribution in [2.24, 2.45) is 0 Å². The van der Waals surface area contributed by atoms with E-state index in [2.05, 4.69) is 10.2 Å². The van der Waals surface area contributed by atoms with Gasteiger partial charge in [0.2, 0.25) is 10.0 Å². The van der Waals surface area contributed by atoms with Crippen molar-refractivity contribution < 1.29 is 8.42 Å². The predicted molar refractivity (Wildman–Crippen MR) is 73.3 cm³/mol. The third kappa shape index (κ3) is 3.34. The average Bonchev–Trinajstić information content (AvgIpc) is 2.94. The molecule has 102 valence electrons.